The van der Waals surface area contributed by atoms with E-state index in [2.05, 4.69) is 14.7 Å². The molecular formula is C20H13FN4S. The monoisotopic (exact) mass is 360 g/mol. The van der Waals surface area contributed by atoms with Crippen LogP contribution in [0.4, 0.5) is 10.1 Å². The molecule has 4 aromatic rings. The molecule has 0 saturated heterocycles. The van der Waals surface area contributed by atoms with Gasteiger partial charge in [-0.05, 0) is 42.3 Å². The molecule has 26 heavy (non-hydrogen) atoms. The normalized spacial score (nSPS) is 10.6. The zero-order valence-electron chi connectivity index (χ0n) is 13.5. The zero-order chi connectivity index (χ0) is 17.9. The molecule has 0 spiro atoms. The number of rotatable bonds is 4. The van der Waals surface area contributed by atoms with Crippen molar-refractivity contribution in [1.29, 1.82) is 5.26 Å². The number of pyridine rings is 1. The lowest BCUT2D eigenvalue weighted by Gasteiger charge is -2.05. The molecule has 0 unspecified atom stereocenters. The number of aromatic amines is 1. The van der Waals surface area contributed by atoms with Crippen molar-refractivity contribution in [2.45, 2.75) is 4.90 Å². The quantitative estimate of drug-likeness (QED) is 0.481. The Bertz CT molecular complexity index is 1120. The maximum atomic E-state index is 13.9. The predicted octanol–water partition coefficient (Wildman–Crippen LogP) is 5.36. The number of fused-ring (bicyclic) bond motifs is 1. The molecule has 126 valence electrons. The fraction of sp³-hybridized carbons (Fsp3) is 0. The van der Waals surface area contributed by atoms with Crippen LogP contribution in [-0.2, 0) is 0 Å². The third-order valence-corrected chi connectivity index (χ3v) is 4.75. The van der Waals surface area contributed by atoms with Crippen molar-refractivity contribution in [3.05, 3.63) is 78.4 Å². The summed E-state index contributed by atoms with van der Waals surface area (Å²) < 4.78 is 16.9. The molecule has 0 atom stereocenters. The molecular weight excluding hydrogens is 347 g/mol. The molecule has 4 rings (SSSR count). The summed E-state index contributed by atoms with van der Waals surface area (Å²) in [6.45, 7) is 0. The van der Waals surface area contributed by atoms with Gasteiger partial charge in [0.15, 0.2) is 0 Å². The lowest BCUT2D eigenvalue weighted by Crippen LogP contribution is -1.91. The average Bonchev–Trinajstić information content (AvgIpc) is 3.15. The van der Waals surface area contributed by atoms with Gasteiger partial charge in [-0.25, -0.2) is 4.39 Å². The Hall–Kier alpha value is -3.30. The predicted molar refractivity (Wildman–Crippen MR) is 102 cm³/mol. The van der Waals surface area contributed by atoms with Gasteiger partial charge in [0, 0.05) is 33.9 Å². The van der Waals surface area contributed by atoms with Crippen molar-refractivity contribution in [3.63, 3.8) is 0 Å². The van der Waals surface area contributed by atoms with Crippen LogP contribution in [0.5, 0.6) is 0 Å². The fourth-order valence-corrected chi connectivity index (χ4v) is 3.38. The summed E-state index contributed by atoms with van der Waals surface area (Å²) >= 11 is 1.30. The van der Waals surface area contributed by atoms with Gasteiger partial charge in [0.2, 0.25) is 0 Å². The van der Waals surface area contributed by atoms with E-state index in [1.54, 1.807) is 18.3 Å². The highest BCUT2D eigenvalue weighted by Crippen LogP contribution is 2.30. The Morgan fingerprint density at radius 2 is 2.00 bits per heavy atom. The van der Waals surface area contributed by atoms with E-state index >= 15 is 0 Å². The number of aromatic nitrogens is 2. The van der Waals surface area contributed by atoms with Gasteiger partial charge >= 0.3 is 0 Å². The molecule has 0 amide bonds. The summed E-state index contributed by atoms with van der Waals surface area (Å²) in [6, 6.07) is 18.2. The molecule has 2 aromatic heterocycles. The van der Waals surface area contributed by atoms with Crippen molar-refractivity contribution in [1.82, 2.24) is 9.97 Å². The van der Waals surface area contributed by atoms with Crippen LogP contribution in [0.2, 0.25) is 0 Å². The summed E-state index contributed by atoms with van der Waals surface area (Å²) in [4.78, 5) is 8.63. The van der Waals surface area contributed by atoms with Crippen LogP contribution in [-0.4, -0.2) is 9.97 Å². The van der Waals surface area contributed by atoms with E-state index in [0.29, 0.717) is 11.3 Å². The smallest absolute Gasteiger partial charge is 0.148 e. The Morgan fingerprint density at radius 3 is 2.85 bits per heavy atom. The first-order valence-corrected chi connectivity index (χ1v) is 8.71. The Kier molecular flexibility index (Phi) is 4.30. The first-order chi connectivity index (χ1) is 12.7. The van der Waals surface area contributed by atoms with Gasteiger partial charge in [-0.2, -0.15) is 5.26 Å². The summed E-state index contributed by atoms with van der Waals surface area (Å²) in [7, 11) is 0. The largest absolute Gasteiger partial charge is 0.360 e. The van der Waals surface area contributed by atoms with E-state index in [4.69, 9.17) is 5.26 Å². The van der Waals surface area contributed by atoms with Gasteiger partial charge in [0.25, 0.3) is 0 Å². The summed E-state index contributed by atoms with van der Waals surface area (Å²) in [5.74, 6) is -0.453. The maximum absolute atomic E-state index is 13.9. The number of anilines is 1. The van der Waals surface area contributed by atoms with E-state index in [1.807, 2.05) is 48.7 Å². The second-order valence-electron chi connectivity index (χ2n) is 5.64. The summed E-state index contributed by atoms with van der Waals surface area (Å²) in [5.41, 5.74) is 3.52. The molecule has 0 bridgehead atoms. The number of nitriles is 1. The molecule has 0 radical (unpaired) electrons. The molecule has 0 aliphatic rings. The lowest BCUT2D eigenvalue weighted by molar-refractivity contribution is 0.632. The fourth-order valence-electron chi connectivity index (χ4n) is 2.69. The molecule has 0 aliphatic heterocycles. The van der Waals surface area contributed by atoms with Gasteiger partial charge in [0.1, 0.15) is 5.82 Å². The van der Waals surface area contributed by atoms with Crippen molar-refractivity contribution < 1.29 is 4.39 Å². The molecule has 2 heterocycles. The SMILES string of the molecule is N#Cc1ccc(NSc2c[nH]c(-c3cccc4cccnc34)c2)c(F)c1. The summed E-state index contributed by atoms with van der Waals surface area (Å²) in [5, 5.41) is 9.87. The lowest BCUT2D eigenvalue weighted by atomic mass is 10.1. The van der Waals surface area contributed by atoms with E-state index in [9.17, 15) is 4.39 Å². The highest BCUT2D eigenvalue weighted by molar-refractivity contribution is 8.00. The second kappa shape index (κ2) is 6.90. The standard InChI is InChI=1S/C20H13FN4S/c21-17-9-13(11-22)6-7-18(17)25-26-15-10-19(24-12-15)16-5-1-3-14-4-2-8-23-20(14)16/h1-10,12,24-25H. The van der Waals surface area contributed by atoms with Gasteiger partial charge in [-0.3, -0.25) is 4.98 Å². The number of hydrogen-bond acceptors (Lipinski definition) is 4. The van der Waals surface area contributed by atoms with Gasteiger partial charge < -0.3 is 9.71 Å². The van der Waals surface area contributed by atoms with E-state index in [-0.39, 0.29) is 0 Å². The summed E-state index contributed by atoms with van der Waals surface area (Å²) in [6.07, 6.45) is 3.63. The minimum absolute atomic E-state index is 0.297. The third-order valence-electron chi connectivity index (χ3n) is 3.96. The molecule has 0 aliphatic carbocycles. The first-order valence-electron chi connectivity index (χ1n) is 7.89. The minimum Gasteiger partial charge on any atom is -0.360 e. The Balaban J connectivity index is 1.56. The van der Waals surface area contributed by atoms with Gasteiger partial charge in [-0.15, -0.1) is 0 Å². The molecule has 0 saturated carbocycles. The highest BCUT2D eigenvalue weighted by atomic mass is 32.2. The Labute approximate surface area is 153 Å². The van der Waals surface area contributed by atoms with Crippen LogP contribution in [0, 0.1) is 17.1 Å². The zero-order valence-corrected chi connectivity index (χ0v) is 14.3. The number of halogens is 1. The van der Waals surface area contributed by atoms with Crippen LogP contribution >= 0.6 is 11.9 Å². The van der Waals surface area contributed by atoms with Crippen LogP contribution < -0.4 is 4.72 Å². The molecule has 0 fully saturated rings. The van der Waals surface area contributed by atoms with Crippen molar-refractivity contribution in [3.8, 4) is 17.3 Å². The van der Waals surface area contributed by atoms with E-state index in [1.165, 1.54) is 18.0 Å². The number of hydrogen-bond donors (Lipinski definition) is 2. The highest BCUT2D eigenvalue weighted by Gasteiger charge is 2.09. The van der Waals surface area contributed by atoms with E-state index in [0.717, 1.165) is 27.1 Å². The number of benzene rings is 2. The Morgan fingerprint density at radius 1 is 1.12 bits per heavy atom. The first kappa shape index (κ1) is 16.2. The van der Waals surface area contributed by atoms with Gasteiger partial charge in [0.05, 0.1) is 22.8 Å². The van der Waals surface area contributed by atoms with Crippen molar-refractivity contribution in [2.75, 3.05) is 4.72 Å². The van der Waals surface area contributed by atoms with Crippen molar-refractivity contribution in [2.24, 2.45) is 0 Å². The molecule has 2 N–H and O–H groups in total. The number of nitrogens with one attached hydrogen (secondary N) is 2. The number of nitrogens with zero attached hydrogens (tertiary/aromatic N) is 2. The second-order valence-corrected chi connectivity index (χ2v) is 6.52. The van der Waals surface area contributed by atoms with E-state index < -0.39 is 5.82 Å². The molecule has 6 heteroatoms. The topological polar surface area (TPSA) is 64.5 Å². The van der Waals surface area contributed by atoms with Crippen LogP contribution in [0.15, 0.2) is 71.9 Å². The van der Waals surface area contributed by atoms with Crippen LogP contribution in [0.1, 0.15) is 5.56 Å². The van der Waals surface area contributed by atoms with Gasteiger partial charge in [-0.1, -0.05) is 24.3 Å². The molecule has 2 aromatic carbocycles. The molecule has 4 nitrogen and oxygen atoms in total. The average molecular weight is 360 g/mol. The van der Waals surface area contributed by atoms with Crippen LogP contribution in [0.25, 0.3) is 22.2 Å². The van der Waals surface area contributed by atoms with Crippen LogP contribution in [0.3, 0.4) is 0 Å². The maximum Gasteiger partial charge on any atom is 0.148 e. The number of para-hydroxylation sites is 1. The number of H-pyrrole nitrogens is 1. The third kappa shape index (κ3) is 3.13. The van der Waals surface area contributed by atoms with Crippen molar-refractivity contribution >= 4 is 28.5 Å². The minimum atomic E-state index is -0.453.